The first-order valence-electron chi connectivity index (χ1n) is 8.66. The van der Waals surface area contributed by atoms with Crippen LogP contribution in [0.15, 0.2) is 35.2 Å². The molecule has 2 N–H and O–H groups in total. The van der Waals surface area contributed by atoms with E-state index in [1.807, 2.05) is 0 Å². The fourth-order valence-electron chi connectivity index (χ4n) is 2.50. The van der Waals surface area contributed by atoms with Gasteiger partial charge in [-0.1, -0.05) is 23.2 Å². The van der Waals surface area contributed by atoms with Crippen LogP contribution in [0.5, 0.6) is 11.5 Å². The van der Waals surface area contributed by atoms with Gasteiger partial charge in [-0.25, -0.2) is 13.2 Å². The highest BCUT2D eigenvalue weighted by atomic mass is 35.5. The van der Waals surface area contributed by atoms with Crippen molar-refractivity contribution >= 4 is 50.8 Å². The lowest BCUT2D eigenvalue weighted by Gasteiger charge is -2.15. The van der Waals surface area contributed by atoms with E-state index in [2.05, 4.69) is 14.8 Å². The number of amides is 1. The summed E-state index contributed by atoms with van der Waals surface area (Å²) in [4.78, 5) is 23.8. The van der Waals surface area contributed by atoms with Crippen LogP contribution in [0.2, 0.25) is 10.0 Å². The third-order valence-corrected chi connectivity index (χ3v) is 6.10. The molecule has 1 unspecified atom stereocenters. The molecule has 1 atom stereocenters. The van der Waals surface area contributed by atoms with Gasteiger partial charge in [0, 0.05) is 6.07 Å². The van der Waals surface area contributed by atoms with Gasteiger partial charge in [0.1, 0.15) is 17.5 Å². The normalized spacial score (nSPS) is 11.9. The van der Waals surface area contributed by atoms with E-state index in [-0.39, 0.29) is 31.9 Å². The second kappa shape index (κ2) is 10.1. The SMILES string of the molecule is COC(=O)C(C)NC(=O)c1cc(S(=O)(=O)Nc2cc(Cl)c(OC)cc2OC)ccc1Cl. The third-order valence-electron chi connectivity index (χ3n) is 4.11. The molecule has 0 fully saturated rings. The zero-order chi connectivity index (χ0) is 23.3. The van der Waals surface area contributed by atoms with E-state index in [4.69, 9.17) is 32.7 Å². The van der Waals surface area contributed by atoms with Crippen LogP contribution in [0, 0.1) is 0 Å². The van der Waals surface area contributed by atoms with Crippen molar-refractivity contribution in [2.75, 3.05) is 26.1 Å². The minimum atomic E-state index is -4.16. The molecule has 0 aromatic heterocycles. The maximum absolute atomic E-state index is 12.9. The van der Waals surface area contributed by atoms with Crippen molar-refractivity contribution in [1.29, 1.82) is 0 Å². The Morgan fingerprint density at radius 3 is 2.19 bits per heavy atom. The van der Waals surface area contributed by atoms with Crippen LogP contribution in [-0.4, -0.2) is 47.7 Å². The molecule has 0 saturated heterocycles. The third kappa shape index (κ3) is 5.72. The van der Waals surface area contributed by atoms with E-state index >= 15 is 0 Å². The fourth-order valence-corrected chi connectivity index (χ4v) is 4.03. The molecule has 0 heterocycles. The topological polar surface area (TPSA) is 120 Å². The van der Waals surface area contributed by atoms with Gasteiger partial charge in [-0.05, 0) is 31.2 Å². The molecule has 0 aliphatic heterocycles. The summed E-state index contributed by atoms with van der Waals surface area (Å²) in [5, 5.41) is 2.55. The number of hydrogen-bond donors (Lipinski definition) is 2. The molecule has 0 bridgehead atoms. The van der Waals surface area contributed by atoms with Crippen LogP contribution in [0.3, 0.4) is 0 Å². The Balaban J connectivity index is 2.38. The fraction of sp³-hybridized carbons (Fsp3) is 0.263. The van der Waals surface area contributed by atoms with Crippen molar-refractivity contribution in [2.45, 2.75) is 17.9 Å². The number of esters is 1. The zero-order valence-electron chi connectivity index (χ0n) is 17.0. The number of methoxy groups -OCH3 is 3. The lowest BCUT2D eigenvalue weighted by molar-refractivity contribution is -0.142. The first kappa shape index (κ1) is 24.6. The van der Waals surface area contributed by atoms with Gasteiger partial charge >= 0.3 is 5.97 Å². The highest BCUT2D eigenvalue weighted by Gasteiger charge is 2.23. The van der Waals surface area contributed by atoms with Crippen molar-refractivity contribution in [2.24, 2.45) is 0 Å². The smallest absolute Gasteiger partial charge is 0.328 e. The number of sulfonamides is 1. The predicted octanol–water partition coefficient (Wildman–Crippen LogP) is 3.10. The quantitative estimate of drug-likeness (QED) is 0.545. The van der Waals surface area contributed by atoms with Gasteiger partial charge in [0.2, 0.25) is 0 Å². The Morgan fingerprint density at radius 1 is 0.968 bits per heavy atom. The Kier molecular flexibility index (Phi) is 7.99. The Hall–Kier alpha value is -2.69. The summed E-state index contributed by atoms with van der Waals surface area (Å²) in [6.07, 6.45) is 0. The van der Waals surface area contributed by atoms with Crippen LogP contribution in [-0.2, 0) is 19.6 Å². The van der Waals surface area contributed by atoms with Gasteiger partial charge in [0.25, 0.3) is 15.9 Å². The first-order chi connectivity index (χ1) is 14.5. The number of carbonyl (C=O) groups excluding carboxylic acids is 2. The van der Waals surface area contributed by atoms with Crippen molar-refractivity contribution < 1.29 is 32.2 Å². The van der Waals surface area contributed by atoms with Crippen LogP contribution in [0.25, 0.3) is 0 Å². The molecule has 0 saturated carbocycles. The summed E-state index contributed by atoms with van der Waals surface area (Å²) in [6, 6.07) is 5.36. The van der Waals surface area contributed by atoms with Crippen molar-refractivity contribution in [1.82, 2.24) is 5.32 Å². The predicted molar refractivity (Wildman–Crippen MR) is 116 cm³/mol. The maximum atomic E-state index is 12.9. The van der Waals surface area contributed by atoms with E-state index < -0.39 is 27.9 Å². The van der Waals surface area contributed by atoms with Gasteiger partial charge in [0.15, 0.2) is 0 Å². The molecule has 2 aromatic rings. The van der Waals surface area contributed by atoms with Crippen LogP contribution in [0.4, 0.5) is 5.69 Å². The van der Waals surface area contributed by atoms with E-state index in [1.54, 1.807) is 0 Å². The molecule has 0 aliphatic rings. The first-order valence-corrected chi connectivity index (χ1v) is 10.9. The van der Waals surface area contributed by atoms with E-state index in [0.29, 0.717) is 5.75 Å². The number of ether oxygens (including phenoxy) is 3. The number of hydrogen-bond acceptors (Lipinski definition) is 7. The summed E-state index contributed by atoms with van der Waals surface area (Å²) in [5.41, 5.74) is -0.0754. The van der Waals surface area contributed by atoms with Gasteiger partial charge in [0.05, 0.1) is 47.5 Å². The van der Waals surface area contributed by atoms with E-state index in [9.17, 15) is 18.0 Å². The van der Waals surface area contributed by atoms with E-state index in [0.717, 1.165) is 6.07 Å². The van der Waals surface area contributed by atoms with Crippen LogP contribution < -0.4 is 19.5 Å². The van der Waals surface area contributed by atoms with Gasteiger partial charge < -0.3 is 19.5 Å². The average molecular weight is 491 g/mol. The minimum absolute atomic E-state index is 0.00131. The summed E-state index contributed by atoms with van der Waals surface area (Å²) < 4.78 is 43.0. The molecule has 31 heavy (non-hydrogen) atoms. The molecule has 0 radical (unpaired) electrons. The number of halogens is 2. The monoisotopic (exact) mass is 490 g/mol. The lowest BCUT2D eigenvalue weighted by Crippen LogP contribution is -2.39. The second-order valence-corrected chi connectivity index (χ2v) is 8.65. The molecule has 12 heteroatoms. The summed E-state index contributed by atoms with van der Waals surface area (Å²) in [5.74, 6) is -0.946. The minimum Gasteiger partial charge on any atom is -0.495 e. The number of rotatable bonds is 8. The number of benzene rings is 2. The van der Waals surface area contributed by atoms with Gasteiger partial charge in [-0.3, -0.25) is 9.52 Å². The van der Waals surface area contributed by atoms with Crippen molar-refractivity contribution in [3.05, 3.63) is 45.9 Å². The Bertz CT molecular complexity index is 1110. The number of nitrogens with one attached hydrogen (secondary N) is 2. The molecule has 9 nitrogen and oxygen atoms in total. The molecular formula is C19H20Cl2N2O7S. The molecular weight excluding hydrogens is 471 g/mol. The largest absolute Gasteiger partial charge is 0.495 e. The molecule has 2 rings (SSSR count). The maximum Gasteiger partial charge on any atom is 0.328 e. The van der Waals surface area contributed by atoms with Crippen LogP contribution in [0.1, 0.15) is 17.3 Å². The lowest BCUT2D eigenvalue weighted by atomic mass is 10.2. The highest BCUT2D eigenvalue weighted by molar-refractivity contribution is 7.92. The summed E-state index contributed by atoms with van der Waals surface area (Å²) in [7, 11) is -0.224. The van der Waals surface area contributed by atoms with Crippen molar-refractivity contribution in [3.63, 3.8) is 0 Å². The molecule has 1 amide bonds. The van der Waals surface area contributed by atoms with E-state index in [1.165, 1.54) is 52.5 Å². The second-order valence-electron chi connectivity index (χ2n) is 6.15. The van der Waals surface area contributed by atoms with Gasteiger partial charge in [-0.2, -0.15) is 0 Å². The van der Waals surface area contributed by atoms with Crippen molar-refractivity contribution in [3.8, 4) is 11.5 Å². The molecule has 0 spiro atoms. The zero-order valence-corrected chi connectivity index (χ0v) is 19.3. The average Bonchev–Trinajstić information content (AvgIpc) is 2.73. The molecule has 2 aromatic carbocycles. The Labute approximate surface area is 189 Å². The summed E-state index contributed by atoms with van der Waals surface area (Å²) >= 11 is 12.1. The molecule has 0 aliphatic carbocycles. The summed E-state index contributed by atoms with van der Waals surface area (Å²) in [6.45, 7) is 1.42. The van der Waals surface area contributed by atoms with Gasteiger partial charge in [-0.15, -0.1) is 0 Å². The highest BCUT2D eigenvalue weighted by Crippen LogP contribution is 2.37. The number of anilines is 1. The molecule has 168 valence electrons. The standard InChI is InChI=1S/C19H20Cl2N2O7S/c1-10(19(25)30-4)22-18(24)12-7-11(5-6-13(12)20)31(26,27)23-15-8-14(21)16(28-2)9-17(15)29-3/h5-10,23H,1-4H3,(H,22,24). The Morgan fingerprint density at radius 2 is 1.61 bits per heavy atom. The number of carbonyl (C=O) groups is 2. The van der Waals surface area contributed by atoms with Crippen LogP contribution >= 0.6 is 23.2 Å².